The second-order valence-electron chi connectivity index (χ2n) is 5.33. The van der Waals surface area contributed by atoms with Gasteiger partial charge in [-0.05, 0) is 38.1 Å². The van der Waals surface area contributed by atoms with Crippen LogP contribution in [0.3, 0.4) is 0 Å². The summed E-state index contributed by atoms with van der Waals surface area (Å²) in [4.78, 5) is 24.6. The molecule has 0 aromatic carbocycles. The summed E-state index contributed by atoms with van der Waals surface area (Å²) in [5.41, 5.74) is 5.59. The van der Waals surface area contributed by atoms with Gasteiger partial charge in [0.05, 0.1) is 5.92 Å². The molecule has 1 unspecified atom stereocenters. The highest BCUT2D eigenvalue weighted by Gasteiger charge is 2.32. The number of carboxylic acid groups (broad SMARTS) is 1. The zero-order valence-electron chi connectivity index (χ0n) is 10.5. The van der Waals surface area contributed by atoms with Gasteiger partial charge in [0.25, 0.3) is 0 Å². The molecule has 6 heteroatoms. The molecule has 1 saturated heterocycles. The molecule has 4 N–H and O–H groups in total. The van der Waals surface area contributed by atoms with Crippen LogP contribution in [0, 0.1) is 11.8 Å². The van der Waals surface area contributed by atoms with Gasteiger partial charge in [0.15, 0.2) is 0 Å². The van der Waals surface area contributed by atoms with Crippen LogP contribution in [0.5, 0.6) is 0 Å². The number of hydrogen-bond acceptors (Lipinski definition) is 3. The molecule has 0 spiro atoms. The van der Waals surface area contributed by atoms with Gasteiger partial charge < -0.3 is 21.1 Å². The van der Waals surface area contributed by atoms with Gasteiger partial charge in [-0.25, -0.2) is 4.79 Å². The number of nitrogens with one attached hydrogen (secondary N) is 1. The lowest BCUT2D eigenvalue weighted by Gasteiger charge is -2.20. The Hall–Kier alpha value is -1.30. The lowest BCUT2D eigenvalue weighted by atomic mass is 10.1. The van der Waals surface area contributed by atoms with Gasteiger partial charge in [0.2, 0.25) is 0 Å². The van der Waals surface area contributed by atoms with Gasteiger partial charge in [-0.15, -0.1) is 0 Å². The Morgan fingerprint density at radius 1 is 1.33 bits per heavy atom. The number of amides is 2. The molecule has 0 radical (unpaired) electrons. The van der Waals surface area contributed by atoms with Crippen LogP contribution in [-0.4, -0.2) is 47.7 Å². The van der Waals surface area contributed by atoms with E-state index in [9.17, 15) is 9.59 Å². The molecular weight excluding hydrogens is 234 g/mol. The molecular formula is C12H21N3O3. The van der Waals surface area contributed by atoms with Crippen LogP contribution in [0.2, 0.25) is 0 Å². The SMILES string of the molecule is NCC1CCN(C(=O)N[C@H]2CC[C@@H](C(=O)O)C2)C1. The highest BCUT2D eigenvalue weighted by molar-refractivity contribution is 5.75. The smallest absolute Gasteiger partial charge is 0.317 e. The average Bonchev–Trinajstić information content (AvgIpc) is 2.96. The Bertz CT molecular complexity index is 335. The lowest BCUT2D eigenvalue weighted by molar-refractivity contribution is -0.141. The van der Waals surface area contributed by atoms with Crippen molar-refractivity contribution >= 4 is 12.0 Å². The fraction of sp³-hybridized carbons (Fsp3) is 0.833. The van der Waals surface area contributed by atoms with E-state index in [-0.39, 0.29) is 18.0 Å². The number of likely N-dealkylation sites (tertiary alicyclic amines) is 1. The topological polar surface area (TPSA) is 95.7 Å². The Morgan fingerprint density at radius 3 is 2.67 bits per heavy atom. The Kier molecular flexibility index (Phi) is 4.06. The van der Waals surface area contributed by atoms with Crippen molar-refractivity contribution in [1.29, 1.82) is 0 Å². The van der Waals surface area contributed by atoms with E-state index in [1.54, 1.807) is 4.90 Å². The molecule has 1 aliphatic heterocycles. The van der Waals surface area contributed by atoms with E-state index in [1.807, 2.05) is 0 Å². The Labute approximate surface area is 107 Å². The molecule has 2 fully saturated rings. The van der Waals surface area contributed by atoms with Crippen LogP contribution < -0.4 is 11.1 Å². The molecule has 3 atom stereocenters. The summed E-state index contributed by atoms with van der Waals surface area (Å²) in [6.07, 6.45) is 2.93. The van der Waals surface area contributed by atoms with E-state index in [4.69, 9.17) is 10.8 Å². The van der Waals surface area contributed by atoms with E-state index < -0.39 is 5.97 Å². The van der Waals surface area contributed by atoms with Gasteiger partial charge in [-0.1, -0.05) is 0 Å². The van der Waals surface area contributed by atoms with Crippen molar-refractivity contribution in [2.24, 2.45) is 17.6 Å². The maximum Gasteiger partial charge on any atom is 0.317 e. The van der Waals surface area contributed by atoms with Crippen LogP contribution >= 0.6 is 0 Å². The second kappa shape index (κ2) is 5.56. The van der Waals surface area contributed by atoms with E-state index in [2.05, 4.69) is 5.32 Å². The first-order valence-corrected chi connectivity index (χ1v) is 6.58. The number of carbonyl (C=O) groups excluding carboxylic acids is 1. The quantitative estimate of drug-likeness (QED) is 0.672. The third kappa shape index (κ3) is 2.93. The van der Waals surface area contributed by atoms with Gasteiger partial charge in [-0.3, -0.25) is 4.79 Å². The van der Waals surface area contributed by atoms with Crippen molar-refractivity contribution in [3.05, 3.63) is 0 Å². The predicted molar refractivity (Wildman–Crippen MR) is 66.0 cm³/mol. The molecule has 102 valence electrons. The Morgan fingerprint density at radius 2 is 2.11 bits per heavy atom. The number of urea groups is 1. The summed E-state index contributed by atoms with van der Waals surface area (Å²) in [7, 11) is 0. The molecule has 0 aromatic rings. The maximum absolute atomic E-state index is 12.0. The minimum Gasteiger partial charge on any atom is -0.481 e. The zero-order valence-corrected chi connectivity index (χ0v) is 10.5. The third-order valence-corrected chi connectivity index (χ3v) is 4.02. The van der Waals surface area contributed by atoms with Crippen molar-refractivity contribution < 1.29 is 14.7 Å². The number of carboxylic acids is 1. The van der Waals surface area contributed by atoms with Gasteiger partial charge in [-0.2, -0.15) is 0 Å². The van der Waals surface area contributed by atoms with E-state index in [1.165, 1.54) is 0 Å². The number of aliphatic carboxylic acids is 1. The number of rotatable bonds is 3. The lowest BCUT2D eigenvalue weighted by Crippen LogP contribution is -2.43. The molecule has 2 rings (SSSR count). The van der Waals surface area contributed by atoms with Crippen LogP contribution in [0.15, 0.2) is 0 Å². The summed E-state index contributed by atoms with van der Waals surface area (Å²) in [6.45, 7) is 2.09. The van der Waals surface area contributed by atoms with Crippen molar-refractivity contribution in [1.82, 2.24) is 10.2 Å². The second-order valence-corrected chi connectivity index (χ2v) is 5.33. The van der Waals surface area contributed by atoms with Crippen LogP contribution in [0.1, 0.15) is 25.7 Å². The van der Waals surface area contributed by atoms with E-state index >= 15 is 0 Å². The van der Waals surface area contributed by atoms with Crippen molar-refractivity contribution in [3.63, 3.8) is 0 Å². The molecule has 18 heavy (non-hydrogen) atoms. The maximum atomic E-state index is 12.0. The van der Waals surface area contributed by atoms with Crippen molar-refractivity contribution in [2.45, 2.75) is 31.7 Å². The van der Waals surface area contributed by atoms with Crippen LogP contribution in [-0.2, 0) is 4.79 Å². The molecule has 0 aromatic heterocycles. The monoisotopic (exact) mass is 255 g/mol. The van der Waals surface area contributed by atoms with Gasteiger partial charge >= 0.3 is 12.0 Å². The van der Waals surface area contributed by atoms with Gasteiger partial charge in [0.1, 0.15) is 0 Å². The number of carbonyl (C=O) groups is 2. The van der Waals surface area contributed by atoms with Crippen LogP contribution in [0.4, 0.5) is 4.79 Å². The minimum atomic E-state index is -0.754. The molecule has 1 aliphatic carbocycles. The standard InChI is InChI=1S/C12H21N3O3/c13-6-8-3-4-15(7-8)12(18)14-10-2-1-9(5-10)11(16)17/h8-10H,1-7,13H2,(H,14,18)(H,16,17)/t8?,9-,10+/m1/s1. The molecule has 0 bridgehead atoms. The summed E-state index contributed by atoms with van der Waals surface area (Å²) in [5.74, 6) is -0.645. The highest BCUT2D eigenvalue weighted by atomic mass is 16.4. The van der Waals surface area contributed by atoms with Crippen molar-refractivity contribution in [2.75, 3.05) is 19.6 Å². The summed E-state index contributed by atoms with van der Waals surface area (Å²) in [6, 6.07) is -0.0579. The number of nitrogens with zero attached hydrogens (tertiary/aromatic N) is 1. The first-order valence-electron chi connectivity index (χ1n) is 6.58. The average molecular weight is 255 g/mol. The fourth-order valence-corrected chi connectivity index (χ4v) is 2.81. The number of hydrogen-bond donors (Lipinski definition) is 3. The first kappa shape index (κ1) is 13.1. The fourth-order valence-electron chi connectivity index (χ4n) is 2.81. The first-order chi connectivity index (χ1) is 8.60. The molecule has 2 amide bonds. The Balaban J connectivity index is 1.77. The summed E-state index contributed by atoms with van der Waals surface area (Å²) in [5, 5.41) is 11.8. The van der Waals surface area contributed by atoms with Crippen molar-refractivity contribution in [3.8, 4) is 0 Å². The molecule has 2 aliphatic rings. The third-order valence-electron chi connectivity index (χ3n) is 4.02. The predicted octanol–water partition coefficient (Wildman–Crippen LogP) is 0.230. The molecule has 1 saturated carbocycles. The molecule has 6 nitrogen and oxygen atoms in total. The largest absolute Gasteiger partial charge is 0.481 e. The summed E-state index contributed by atoms with van der Waals surface area (Å²) < 4.78 is 0. The number of nitrogens with two attached hydrogens (primary N) is 1. The summed E-state index contributed by atoms with van der Waals surface area (Å²) >= 11 is 0. The highest BCUT2D eigenvalue weighted by Crippen LogP contribution is 2.26. The van der Waals surface area contributed by atoms with Gasteiger partial charge in [0, 0.05) is 19.1 Å². The zero-order chi connectivity index (χ0) is 13.1. The van der Waals surface area contributed by atoms with Crippen LogP contribution in [0.25, 0.3) is 0 Å². The molecule has 1 heterocycles. The normalized spacial score (nSPS) is 31.6. The van der Waals surface area contributed by atoms with E-state index in [0.29, 0.717) is 25.3 Å². The minimum absolute atomic E-state index is 0.00975. The van der Waals surface area contributed by atoms with E-state index in [0.717, 1.165) is 25.9 Å².